The summed E-state index contributed by atoms with van der Waals surface area (Å²) in [5, 5.41) is 16.6. The van der Waals surface area contributed by atoms with Crippen molar-refractivity contribution in [3.63, 3.8) is 0 Å². The standard InChI is InChI=1S/C6H8O7S/c7-5(8)3-4(6(9)10)1-2-14(11,12)13/h3H,1-2H2,(H,7,8)(H,9,10)(H,11,12,13)/b4-3+. The van der Waals surface area contributed by atoms with E-state index in [0.717, 1.165) is 0 Å². The number of carboxylic acids is 2. The lowest BCUT2D eigenvalue weighted by Crippen LogP contribution is -2.10. The Morgan fingerprint density at radius 1 is 1.21 bits per heavy atom. The van der Waals surface area contributed by atoms with Gasteiger partial charge < -0.3 is 10.2 Å². The minimum Gasteiger partial charge on any atom is -0.478 e. The first-order chi connectivity index (χ1) is 6.22. The molecule has 0 aliphatic carbocycles. The van der Waals surface area contributed by atoms with Gasteiger partial charge in [-0.3, -0.25) is 4.55 Å². The van der Waals surface area contributed by atoms with Crippen molar-refractivity contribution in [2.75, 3.05) is 5.75 Å². The molecule has 3 N–H and O–H groups in total. The molecule has 0 rings (SSSR count). The molecule has 0 aliphatic rings. The smallest absolute Gasteiger partial charge is 0.331 e. The Kier molecular flexibility index (Phi) is 4.25. The fourth-order valence-corrected chi connectivity index (χ4v) is 1.11. The second-order valence-electron chi connectivity index (χ2n) is 2.35. The van der Waals surface area contributed by atoms with E-state index in [1.165, 1.54) is 0 Å². The highest BCUT2D eigenvalue weighted by atomic mass is 32.2. The average molecular weight is 224 g/mol. The van der Waals surface area contributed by atoms with Crippen LogP contribution in [0.25, 0.3) is 0 Å². The molecule has 14 heavy (non-hydrogen) atoms. The van der Waals surface area contributed by atoms with Crippen LogP contribution in [0.15, 0.2) is 11.6 Å². The number of rotatable bonds is 5. The van der Waals surface area contributed by atoms with Crippen LogP contribution < -0.4 is 0 Å². The predicted octanol–water partition coefficient (Wildman–Crippen LogP) is -0.640. The van der Waals surface area contributed by atoms with Crippen LogP contribution in [0, 0.1) is 0 Å². The van der Waals surface area contributed by atoms with Crippen molar-refractivity contribution >= 4 is 22.1 Å². The summed E-state index contributed by atoms with van der Waals surface area (Å²) in [6.07, 6.45) is -0.173. The third kappa shape index (κ3) is 6.14. The van der Waals surface area contributed by atoms with E-state index in [2.05, 4.69) is 0 Å². The monoisotopic (exact) mass is 224 g/mol. The maximum Gasteiger partial charge on any atom is 0.331 e. The van der Waals surface area contributed by atoms with Gasteiger partial charge in [0.25, 0.3) is 10.1 Å². The minimum absolute atomic E-state index is 0.382. The minimum atomic E-state index is -4.29. The van der Waals surface area contributed by atoms with Gasteiger partial charge in [0.05, 0.1) is 5.75 Å². The highest BCUT2D eigenvalue weighted by Crippen LogP contribution is 2.03. The highest BCUT2D eigenvalue weighted by molar-refractivity contribution is 7.85. The van der Waals surface area contributed by atoms with Crippen LogP contribution in [0.5, 0.6) is 0 Å². The van der Waals surface area contributed by atoms with Crippen molar-refractivity contribution in [1.29, 1.82) is 0 Å². The van der Waals surface area contributed by atoms with E-state index < -0.39 is 39.8 Å². The number of carboxylic acid groups (broad SMARTS) is 2. The molecule has 0 fully saturated rings. The van der Waals surface area contributed by atoms with Crippen LogP contribution in [0.1, 0.15) is 6.42 Å². The van der Waals surface area contributed by atoms with Crippen molar-refractivity contribution in [2.45, 2.75) is 6.42 Å². The molecule has 0 radical (unpaired) electrons. The zero-order valence-corrected chi connectivity index (χ0v) is 7.69. The molecule has 0 atom stereocenters. The first-order valence-corrected chi connectivity index (χ1v) is 4.95. The molecule has 0 saturated heterocycles. The number of carbonyl (C=O) groups is 2. The molecule has 0 unspecified atom stereocenters. The third-order valence-electron chi connectivity index (χ3n) is 1.20. The van der Waals surface area contributed by atoms with Gasteiger partial charge in [0.2, 0.25) is 0 Å². The summed E-state index contributed by atoms with van der Waals surface area (Å²) < 4.78 is 28.8. The van der Waals surface area contributed by atoms with Gasteiger partial charge in [-0.2, -0.15) is 8.42 Å². The predicted molar refractivity (Wildman–Crippen MR) is 44.4 cm³/mol. The van der Waals surface area contributed by atoms with Crippen molar-refractivity contribution < 1.29 is 32.8 Å². The Balaban J connectivity index is 4.57. The van der Waals surface area contributed by atoms with Crippen LogP contribution in [-0.2, 0) is 19.7 Å². The number of hydrogen-bond donors (Lipinski definition) is 3. The fourth-order valence-electron chi connectivity index (χ4n) is 0.629. The number of aliphatic carboxylic acids is 2. The summed E-state index contributed by atoms with van der Waals surface area (Å²) in [5.74, 6) is -3.84. The van der Waals surface area contributed by atoms with E-state index in [-0.39, 0.29) is 0 Å². The van der Waals surface area contributed by atoms with E-state index in [9.17, 15) is 18.0 Å². The quantitative estimate of drug-likeness (QED) is 0.418. The second-order valence-corrected chi connectivity index (χ2v) is 3.92. The SMILES string of the molecule is O=C(O)/C=C(\CCS(=O)(=O)O)C(=O)O. The van der Waals surface area contributed by atoms with E-state index in [4.69, 9.17) is 14.8 Å². The van der Waals surface area contributed by atoms with Crippen LogP contribution in [-0.4, -0.2) is 40.9 Å². The van der Waals surface area contributed by atoms with E-state index in [0.29, 0.717) is 6.08 Å². The van der Waals surface area contributed by atoms with Crippen molar-refractivity contribution in [1.82, 2.24) is 0 Å². The second kappa shape index (κ2) is 4.72. The number of hydrogen-bond acceptors (Lipinski definition) is 4. The van der Waals surface area contributed by atoms with E-state index >= 15 is 0 Å². The first kappa shape index (κ1) is 12.6. The lowest BCUT2D eigenvalue weighted by atomic mass is 10.2. The molecule has 0 aromatic heterocycles. The van der Waals surface area contributed by atoms with Gasteiger partial charge in [0, 0.05) is 11.6 Å². The van der Waals surface area contributed by atoms with Crippen LogP contribution in [0.4, 0.5) is 0 Å². The Morgan fingerprint density at radius 2 is 1.71 bits per heavy atom. The zero-order valence-electron chi connectivity index (χ0n) is 6.87. The molecule has 0 saturated carbocycles. The van der Waals surface area contributed by atoms with Crippen molar-refractivity contribution in [2.24, 2.45) is 0 Å². The summed E-state index contributed by atoms with van der Waals surface area (Å²) in [5.41, 5.74) is -0.588. The highest BCUT2D eigenvalue weighted by Gasteiger charge is 2.13. The van der Waals surface area contributed by atoms with Gasteiger partial charge in [-0.25, -0.2) is 9.59 Å². The molecule has 0 aromatic carbocycles. The normalized spacial score (nSPS) is 12.5. The lowest BCUT2D eigenvalue weighted by Gasteiger charge is -1.98. The van der Waals surface area contributed by atoms with E-state index in [1.54, 1.807) is 0 Å². The largest absolute Gasteiger partial charge is 0.478 e. The molecule has 0 heterocycles. The molecule has 0 bridgehead atoms. The molecule has 0 aromatic rings. The Labute approximate surface area is 79.4 Å². The van der Waals surface area contributed by atoms with Crippen molar-refractivity contribution in [3.05, 3.63) is 11.6 Å². The van der Waals surface area contributed by atoms with Crippen LogP contribution >= 0.6 is 0 Å². The van der Waals surface area contributed by atoms with Gasteiger partial charge >= 0.3 is 11.9 Å². The van der Waals surface area contributed by atoms with E-state index in [1.807, 2.05) is 0 Å². The van der Waals surface area contributed by atoms with Gasteiger partial charge in [0.15, 0.2) is 0 Å². The molecule has 7 nitrogen and oxygen atoms in total. The van der Waals surface area contributed by atoms with Gasteiger partial charge in [-0.05, 0) is 6.42 Å². The van der Waals surface area contributed by atoms with Crippen molar-refractivity contribution in [3.8, 4) is 0 Å². The van der Waals surface area contributed by atoms with Gasteiger partial charge in [-0.1, -0.05) is 0 Å². The Morgan fingerprint density at radius 3 is 2.00 bits per heavy atom. The third-order valence-corrected chi connectivity index (χ3v) is 1.92. The summed E-state index contributed by atoms with van der Waals surface area (Å²) in [4.78, 5) is 20.4. The van der Waals surface area contributed by atoms with Crippen LogP contribution in [0.2, 0.25) is 0 Å². The topological polar surface area (TPSA) is 129 Å². The summed E-state index contributed by atoms with van der Waals surface area (Å²) in [7, 11) is -4.29. The van der Waals surface area contributed by atoms with Gasteiger partial charge in [-0.15, -0.1) is 0 Å². The maximum absolute atomic E-state index is 10.3. The first-order valence-electron chi connectivity index (χ1n) is 3.34. The summed E-state index contributed by atoms with van der Waals surface area (Å²) in [6, 6.07) is 0. The summed E-state index contributed by atoms with van der Waals surface area (Å²) in [6.45, 7) is 0. The molecule has 0 aliphatic heterocycles. The zero-order chi connectivity index (χ0) is 11.4. The molecule has 8 heteroatoms. The summed E-state index contributed by atoms with van der Waals surface area (Å²) >= 11 is 0. The molecular weight excluding hydrogens is 216 g/mol. The Hall–Kier alpha value is -1.41. The fraction of sp³-hybridized carbons (Fsp3) is 0.333. The Bertz CT molecular complexity index is 364. The molecule has 0 amide bonds. The molecule has 0 spiro atoms. The lowest BCUT2D eigenvalue weighted by molar-refractivity contribution is -0.135. The molecular formula is C6H8O7S. The molecule has 80 valence electrons. The van der Waals surface area contributed by atoms with Crippen LogP contribution in [0.3, 0.4) is 0 Å². The van der Waals surface area contributed by atoms with Gasteiger partial charge in [0.1, 0.15) is 0 Å². The maximum atomic E-state index is 10.3. The average Bonchev–Trinajstić information content (AvgIpc) is 1.94.